The second kappa shape index (κ2) is 6.10. The minimum atomic E-state index is -0.495. The Hall–Kier alpha value is -2.22. The highest BCUT2D eigenvalue weighted by molar-refractivity contribution is 5.80. The largest absolute Gasteiger partial charge is 0.361 e. The topological polar surface area (TPSA) is 100 Å². The number of pyridine rings is 1. The van der Waals surface area contributed by atoms with Gasteiger partial charge in [-0.3, -0.25) is 14.9 Å². The summed E-state index contributed by atoms with van der Waals surface area (Å²) in [6.45, 7) is 3.04. The van der Waals surface area contributed by atoms with E-state index < -0.39 is 4.92 Å². The maximum Gasteiger partial charge on any atom is 0.274 e. The van der Waals surface area contributed by atoms with Crippen LogP contribution in [-0.4, -0.2) is 53.4 Å². The molecule has 0 bridgehead atoms. The van der Waals surface area contributed by atoms with E-state index in [0.29, 0.717) is 18.9 Å². The first-order chi connectivity index (χ1) is 9.16. The van der Waals surface area contributed by atoms with Crippen molar-refractivity contribution >= 4 is 17.4 Å². The molecule has 8 nitrogen and oxygen atoms in total. The monoisotopic (exact) mass is 265 g/mol. The Kier molecular flexibility index (Phi) is 4.24. The minimum Gasteiger partial charge on any atom is -0.361 e. The summed E-state index contributed by atoms with van der Waals surface area (Å²) >= 11 is 0. The van der Waals surface area contributed by atoms with Crippen molar-refractivity contribution in [3.05, 3.63) is 28.4 Å². The van der Waals surface area contributed by atoms with Crippen LogP contribution < -0.4 is 10.6 Å². The standard InChI is InChI=1S/C11H15N5O3/c17-11(15-5-3-12-4-6-15)8-14-10-7-9(16(18)19)1-2-13-10/h1-2,7,12H,3-6,8H2,(H,13,14). The van der Waals surface area contributed by atoms with E-state index in [1.807, 2.05) is 0 Å². The minimum absolute atomic E-state index is 0.0326. The van der Waals surface area contributed by atoms with Crippen LogP contribution in [0.1, 0.15) is 0 Å². The Balaban J connectivity index is 1.89. The van der Waals surface area contributed by atoms with Crippen molar-refractivity contribution in [2.45, 2.75) is 0 Å². The number of hydrogen-bond donors (Lipinski definition) is 2. The predicted molar refractivity (Wildman–Crippen MR) is 68.8 cm³/mol. The highest BCUT2D eigenvalue weighted by atomic mass is 16.6. The Morgan fingerprint density at radius 1 is 1.53 bits per heavy atom. The van der Waals surface area contributed by atoms with Gasteiger partial charge in [0.25, 0.3) is 5.69 Å². The number of carbonyl (C=O) groups excluding carboxylic acids is 1. The zero-order chi connectivity index (χ0) is 13.7. The van der Waals surface area contributed by atoms with Gasteiger partial charge in [0.05, 0.1) is 17.5 Å². The summed E-state index contributed by atoms with van der Waals surface area (Å²) in [6.07, 6.45) is 1.34. The van der Waals surface area contributed by atoms with Gasteiger partial charge in [0.15, 0.2) is 0 Å². The molecule has 1 aliphatic heterocycles. The van der Waals surface area contributed by atoms with Crippen molar-refractivity contribution in [3.63, 3.8) is 0 Å². The summed E-state index contributed by atoms with van der Waals surface area (Å²) in [5, 5.41) is 16.6. The van der Waals surface area contributed by atoms with Gasteiger partial charge < -0.3 is 15.5 Å². The Morgan fingerprint density at radius 2 is 2.26 bits per heavy atom. The molecular weight excluding hydrogens is 250 g/mol. The zero-order valence-corrected chi connectivity index (χ0v) is 10.3. The molecule has 1 aliphatic rings. The molecule has 2 heterocycles. The van der Waals surface area contributed by atoms with Gasteiger partial charge in [-0.05, 0) is 0 Å². The summed E-state index contributed by atoms with van der Waals surface area (Å²) in [6, 6.07) is 2.62. The molecule has 19 heavy (non-hydrogen) atoms. The first-order valence-electron chi connectivity index (χ1n) is 5.99. The number of aromatic nitrogens is 1. The third-order valence-electron chi connectivity index (χ3n) is 2.84. The first kappa shape index (κ1) is 13.2. The number of anilines is 1. The molecule has 0 unspecified atom stereocenters. The Labute approximate surface area is 110 Å². The molecule has 8 heteroatoms. The zero-order valence-electron chi connectivity index (χ0n) is 10.3. The van der Waals surface area contributed by atoms with Crippen molar-refractivity contribution in [2.24, 2.45) is 0 Å². The normalized spacial score (nSPS) is 15.1. The third-order valence-corrected chi connectivity index (χ3v) is 2.84. The molecule has 0 radical (unpaired) electrons. The number of piperazine rings is 1. The first-order valence-corrected chi connectivity index (χ1v) is 5.99. The molecule has 0 atom stereocenters. The lowest BCUT2D eigenvalue weighted by molar-refractivity contribution is -0.384. The van der Waals surface area contributed by atoms with E-state index in [2.05, 4.69) is 15.6 Å². The maximum absolute atomic E-state index is 11.9. The average Bonchev–Trinajstić information content (AvgIpc) is 2.46. The van der Waals surface area contributed by atoms with Gasteiger partial charge >= 0.3 is 0 Å². The second-order valence-electron chi connectivity index (χ2n) is 4.14. The van der Waals surface area contributed by atoms with Gasteiger partial charge in [-0.15, -0.1) is 0 Å². The molecule has 1 amide bonds. The highest BCUT2D eigenvalue weighted by Crippen LogP contribution is 2.13. The molecule has 102 valence electrons. The van der Waals surface area contributed by atoms with Crippen LogP contribution >= 0.6 is 0 Å². The van der Waals surface area contributed by atoms with Crippen LogP contribution in [0.25, 0.3) is 0 Å². The molecular formula is C11H15N5O3. The van der Waals surface area contributed by atoms with Crippen LogP contribution in [0.15, 0.2) is 18.3 Å². The number of nitro groups is 1. The molecule has 0 saturated carbocycles. The number of rotatable bonds is 4. The lowest BCUT2D eigenvalue weighted by atomic mass is 10.3. The number of nitrogens with zero attached hydrogens (tertiary/aromatic N) is 3. The van der Waals surface area contributed by atoms with Crippen LogP contribution in [0.4, 0.5) is 11.5 Å². The van der Waals surface area contributed by atoms with Crippen LogP contribution in [-0.2, 0) is 4.79 Å². The summed E-state index contributed by atoms with van der Waals surface area (Å²) in [5.74, 6) is 0.299. The number of amides is 1. The number of hydrogen-bond acceptors (Lipinski definition) is 6. The van der Waals surface area contributed by atoms with Crippen molar-refractivity contribution in [1.29, 1.82) is 0 Å². The fraction of sp³-hybridized carbons (Fsp3) is 0.455. The maximum atomic E-state index is 11.9. The molecule has 1 aromatic rings. The SMILES string of the molecule is O=C(CNc1cc([N+](=O)[O-])ccn1)N1CCNCC1. The van der Waals surface area contributed by atoms with Crippen molar-refractivity contribution < 1.29 is 9.72 Å². The van der Waals surface area contributed by atoms with Crippen LogP contribution in [0.2, 0.25) is 0 Å². The van der Waals surface area contributed by atoms with Gasteiger partial charge in [-0.25, -0.2) is 4.98 Å². The van der Waals surface area contributed by atoms with Crippen molar-refractivity contribution in [1.82, 2.24) is 15.2 Å². The van der Waals surface area contributed by atoms with Gasteiger partial charge in [-0.2, -0.15) is 0 Å². The van der Waals surface area contributed by atoms with E-state index in [4.69, 9.17) is 0 Å². The lowest BCUT2D eigenvalue weighted by Gasteiger charge is -2.27. The Morgan fingerprint density at radius 3 is 2.95 bits per heavy atom. The third kappa shape index (κ3) is 3.62. The molecule has 2 N–H and O–H groups in total. The summed E-state index contributed by atoms with van der Waals surface area (Å²) in [7, 11) is 0. The second-order valence-corrected chi connectivity index (χ2v) is 4.14. The molecule has 2 rings (SSSR count). The van der Waals surface area contributed by atoms with E-state index in [1.54, 1.807) is 4.90 Å². The summed E-state index contributed by atoms with van der Waals surface area (Å²) in [4.78, 5) is 27.7. The van der Waals surface area contributed by atoms with Crippen molar-refractivity contribution in [2.75, 3.05) is 38.0 Å². The number of nitrogens with one attached hydrogen (secondary N) is 2. The summed E-state index contributed by atoms with van der Waals surface area (Å²) < 4.78 is 0. The molecule has 1 fully saturated rings. The fourth-order valence-electron chi connectivity index (χ4n) is 1.82. The highest BCUT2D eigenvalue weighted by Gasteiger charge is 2.16. The van der Waals surface area contributed by atoms with E-state index in [1.165, 1.54) is 18.3 Å². The van der Waals surface area contributed by atoms with Crippen LogP contribution in [0.3, 0.4) is 0 Å². The molecule has 1 saturated heterocycles. The van der Waals surface area contributed by atoms with E-state index in [-0.39, 0.29) is 18.1 Å². The van der Waals surface area contributed by atoms with Crippen LogP contribution in [0, 0.1) is 10.1 Å². The lowest BCUT2D eigenvalue weighted by Crippen LogP contribution is -2.48. The van der Waals surface area contributed by atoms with Gasteiger partial charge in [0.2, 0.25) is 5.91 Å². The Bertz CT molecular complexity index is 473. The van der Waals surface area contributed by atoms with Gasteiger partial charge in [-0.1, -0.05) is 0 Å². The number of carbonyl (C=O) groups is 1. The van der Waals surface area contributed by atoms with Gasteiger partial charge in [0.1, 0.15) is 5.82 Å². The average molecular weight is 265 g/mol. The summed E-state index contributed by atoms with van der Waals surface area (Å²) in [5.41, 5.74) is -0.0490. The fourth-order valence-corrected chi connectivity index (χ4v) is 1.82. The van der Waals surface area contributed by atoms with E-state index in [9.17, 15) is 14.9 Å². The predicted octanol–water partition coefficient (Wildman–Crippen LogP) is -0.167. The van der Waals surface area contributed by atoms with Crippen molar-refractivity contribution in [3.8, 4) is 0 Å². The molecule has 1 aromatic heterocycles. The van der Waals surface area contributed by atoms with Gasteiger partial charge in [0, 0.05) is 38.4 Å². The van der Waals surface area contributed by atoms with E-state index in [0.717, 1.165) is 13.1 Å². The van der Waals surface area contributed by atoms with E-state index >= 15 is 0 Å². The molecule has 0 spiro atoms. The van der Waals surface area contributed by atoms with Crippen LogP contribution in [0.5, 0.6) is 0 Å². The smallest absolute Gasteiger partial charge is 0.274 e. The molecule has 0 aliphatic carbocycles. The quantitative estimate of drug-likeness (QED) is 0.579. The molecule has 0 aromatic carbocycles.